The van der Waals surface area contributed by atoms with Gasteiger partial charge in [0.25, 0.3) is 0 Å². The zero-order valence-electron chi connectivity index (χ0n) is 11.3. The third-order valence-corrected chi connectivity index (χ3v) is 3.51. The van der Waals surface area contributed by atoms with E-state index in [2.05, 4.69) is 0 Å². The number of ether oxygens (including phenoxy) is 1. The Morgan fingerprint density at radius 3 is 2.50 bits per heavy atom. The number of aliphatic hydroxyl groups excluding tert-OH is 1. The summed E-state index contributed by atoms with van der Waals surface area (Å²) < 4.78 is 5.11. The van der Waals surface area contributed by atoms with E-state index in [1.165, 1.54) is 0 Å². The Kier molecular flexibility index (Phi) is 4.88. The molecule has 2 rings (SSSR count). The van der Waals surface area contributed by atoms with Crippen LogP contribution in [0, 0.1) is 0 Å². The second kappa shape index (κ2) is 6.64. The average Bonchev–Trinajstić information content (AvgIpc) is 2.45. The normalized spacial score (nSPS) is 12.2. The first kappa shape index (κ1) is 14.7. The predicted molar refractivity (Wildman–Crippen MR) is 82.1 cm³/mol. The summed E-state index contributed by atoms with van der Waals surface area (Å²) in [6.07, 6.45) is 0.792. The molecule has 0 amide bonds. The predicted octanol–water partition coefficient (Wildman–Crippen LogP) is 3.60. The van der Waals surface area contributed by atoms with E-state index in [1.54, 1.807) is 25.3 Å². The lowest BCUT2D eigenvalue weighted by Crippen LogP contribution is -2.03. The summed E-state index contributed by atoms with van der Waals surface area (Å²) >= 11 is 5.85. The van der Waals surface area contributed by atoms with Crippen LogP contribution in [0.3, 0.4) is 0 Å². The smallest absolute Gasteiger partial charge is 0.118 e. The molecule has 0 aliphatic heterocycles. The van der Waals surface area contributed by atoms with E-state index < -0.39 is 6.10 Å². The summed E-state index contributed by atoms with van der Waals surface area (Å²) in [5, 5.41) is 10.8. The number of rotatable bonds is 5. The van der Waals surface area contributed by atoms with Gasteiger partial charge in [-0.25, -0.2) is 0 Å². The largest absolute Gasteiger partial charge is 0.497 e. The van der Waals surface area contributed by atoms with Crippen molar-refractivity contribution in [1.29, 1.82) is 0 Å². The summed E-state index contributed by atoms with van der Waals surface area (Å²) in [5.41, 5.74) is 8.27. The molecule has 0 aromatic heterocycles. The van der Waals surface area contributed by atoms with E-state index in [1.807, 2.05) is 24.3 Å². The zero-order valence-corrected chi connectivity index (χ0v) is 12.1. The van der Waals surface area contributed by atoms with E-state index in [0.29, 0.717) is 17.1 Å². The van der Waals surface area contributed by atoms with Crippen molar-refractivity contribution >= 4 is 17.3 Å². The second-order valence-electron chi connectivity index (χ2n) is 4.68. The topological polar surface area (TPSA) is 55.5 Å². The number of aryl methyl sites for hydroxylation is 1. The van der Waals surface area contributed by atoms with Gasteiger partial charge in [-0.2, -0.15) is 0 Å². The van der Waals surface area contributed by atoms with Crippen molar-refractivity contribution in [3.63, 3.8) is 0 Å². The first-order valence-electron chi connectivity index (χ1n) is 6.46. The van der Waals surface area contributed by atoms with E-state index in [-0.39, 0.29) is 0 Å². The van der Waals surface area contributed by atoms with E-state index in [4.69, 9.17) is 22.1 Å². The van der Waals surface area contributed by atoms with Gasteiger partial charge in [-0.05, 0) is 42.7 Å². The number of hydrogen-bond acceptors (Lipinski definition) is 3. The molecule has 0 heterocycles. The van der Waals surface area contributed by atoms with Gasteiger partial charge in [0.2, 0.25) is 0 Å². The van der Waals surface area contributed by atoms with Crippen LogP contribution in [0.5, 0.6) is 5.75 Å². The number of halogens is 1. The summed E-state index contributed by atoms with van der Waals surface area (Å²) in [4.78, 5) is 0. The lowest BCUT2D eigenvalue weighted by molar-refractivity contribution is 0.168. The van der Waals surface area contributed by atoms with Crippen molar-refractivity contribution in [2.24, 2.45) is 0 Å². The molecular weight excluding hydrogens is 274 g/mol. The third-order valence-electron chi connectivity index (χ3n) is 3.27. The Morgan fingerprint density at radius 1 is 1.20 bits per heavy atom. The molecule has 2 aromatic rings. The van der Waals surface area contributed by atoms with Gasteiger partial charge in [-0.1, -0.05) is 29.8 Å². The molecule has 0 saturated heterocycles. The fraction of sp³-hybridized carbons (Fsp3) is 0.250. The molecule has 1 unspecified atom stereocenters. The number of anilines is 1. The van der Waals surface area contributed by atoms with Gasteiger partial charge in [0.05, 0.1) is 13.2 Å². The van der Waals surface area contributed by atoms with Gasteiger partial charge >= 0.3 is 0 Å². The first-order valence-corrected chi connectivity index (χ1v) is 6.84. The molecule has 0 fully saturated rings. The Hall–Kier alpha value is -1.71. The standard InChI is InChI=1S/C16H18ClNO2/c1-20-13-6-2-11(3-7-13)4-9-16(19)14-8-5-12(17)10-15(14)18/h2-3,5-8,10,16,19H,4,9,18H2,1H3. The van der Waals surface area contributed by atoms with Crippen molar-refractivity contribution in [3.8, 4) is 5.75 Å². The molecule has 3 N–H and O–H groups in total. The minimum absolute atomic E-state index is 0.528. The Labute approximate surface area is 123 Å². The Bertz CT molecular complexity index is 569. The Balaban J connectivity index is 1.98. The van der Waals surface area contributed by atoms with Crippen molar-refractivity contribution < 1.29 is 9.84 Å². The molecule has 106 valence electrons. The van der Waals surface area contributed by atoms with E-state index in [0.717, 1.165) is 23.3 Å². The molecule has 0 radical (unpaired) electrons. The highest BCUT2D eigenvalue weighted by atomic mass is 35.5. The van der Waals surface area contributed by atoms with Crippen LogP contribution in [0.1, 0.15) is 23.7 Å². The Morgan fingerprint density at radius 2 is 1.90 bits per heavy atom. The number of nitrogens with two attached hydrogens (primary N) is 1. The van der Waals surface area contributed by atoms with Crippen molar-refractivity contribution in [2.75, 3.05) is 12.8 Å². The van der Waals surface area contributed by atoms with Crippen molar-refractivity contribution in [1.82, 2.24) is 0 Å². The van der Waals surface area contributed by atoms with Crippen LogP contribution in [-0.4, -0.2) is 12.2 Å². The molecule has 0 aliphatic rings. The van der Waals surface area contributed by atoms with Gasteiger partial charge in [-0.3, -0.25) is 0 Å². The van der Waals surface area contributed by atoms with Gasteiger partial charge < -0.3 is 15.6 Å². The maximum absolute atomic E-state index is 10.2. The maximum atomic E-state index is 10.2. The number of benzene rings is 2. The zero-order chi connectivity index (χ0) is 14.5. The molecule has 0 saturated carbocycles. The molecule has 0 spiro atoms. The van der Waals surface area contributed by atoms with Crippen LogP contribution >= 0.6 is 11.6 Å². The SMILES string of the molecule is COc1ccc(CCC(O)c2ccc(Cl)cc2N)cc1. The minimum Gasteiger partial charge on any atom is -0.497 e. The maximum Gasteiger partial charge on any atom is 0.118 e. The summed E-state index contributed by atoms with van der Waals surface area (Å²) in [5.74, 6) is 0.830. The first-order chi connectivity index (χ1) is 9.60. The number of hydrogen-bond donors (Lipinski definition) is 2. The summed E-state index contributed by atoms with van der Waals surface area (Å²) in [6.45, 7) is 0. The van der Waals surface area contributed by atoms with Crippen LogP contribution in [0.4, 0.5) is 5.69 Å². The molecule has 4 heteroatoms. The van der Waals surface area contributed by atoms with Gasteiger partial charge in [0, 0.05) is 16.3 Å². The van der Waals surface area contributed by atoms with Crippen LogP contribution in [0.2, 0.25) is 5.02 Å². The third kappa shape index (κ3) is 3.65. The highest BCUT2D eigenvalue weighted by Gasteiger charge is 2.11. The molecule has 0 bridgehead atoms. The molecule has 3 nitrogen and oxygen atoms in total. The summed E-state index contributed by atoms with van der Waals surface area (Å²) in [6, 6.07) is 13.0. The highest BCUT2D eigenvalue weighted by molar-refractivity contribution is 6.30. The lowest BCUT2D eigenvalue weighted by Gasteiger charge is -2.14. The van der Waals surface area contributed by atoms with Crippen LogP contribution in [0.15, 0.2) is 42.5 Å². The van der Waals surface area contributed by atoms with E-state index >= 15 is 0 Å². The number of nitrogen functional groups attached to an aromatic ring is 1. The molecule has 1 atom stereocenters. The number of aliphatic hydroxyl groups is 1. The van der Waals surface area contributed by atoms with Gasteiger partial charge in [-0.15, -0.1) is 0 Å². The fourth-order valence-corrected chi connectivity index (χ4v) is 2.28. The molecule has 2 aromatic carbocycles. The van der Waals surface area contributed by atoms with Crippen molar-refractivity contribution in [3.05, 3.63) is 58.6 Å². The minimum atomic E-state index is -0.589. The van der Waals surface area contributed by atoms with Gasteiger partial charge in [0.1, 0.15) is 5.75 Å². The molecule has 0 aliphatic carbocycles. The van der Waals surface area contributed by atoms with Gasteiger partial charge in [0.15, 0.2) is 0 Å². The van der Waals surface area contributed by atoms with E-state index in [9.17, 15) is 5.11 Å². The van der Waals surface area contributed by atoms with Crippen LogP contribution < -0.4 is 10.5 Å². The monoisotopic (exact) mass is 291 g/mol. The second-order valence-corrected chi connectivity index (χ2v) is 5.11. The summed E-state index contributed by atoms with van der Waals surface area (Å²) in [7, 11) is 1.64. The van der Waals surface area contributed by atoms with Crippen LogP contribution in [0.25, 0.3) is 0 Å². The lowest BCUT2D eigenvalue weighted by atomic mass is 10.00. The van der Waals surface area contributed by atoms with Crippen LogP contribution in [-0.2, 0) is 6.42 Å². The molecular formula is C16H18ClNO2. The average molecular weight is 292 g/mol. The highest BCUT2D eigenvalue weighted by Crippen LogP contribution is 2.27. The quantitative estimate of drug-likeness (QED) is 0.828. The van der Waals surface area contributed by atoms with Crippen molar-refractivity contribution in [2.45, 2.75) is 18.9 Å². The fourth-order valence-electron chi connectivity index (χ4n) is 2.10. The number of methoxy groups -OCH3 is 1. The molecule has 20 heavy (non-hydrogen) atoms.